The second kappa shape index (κ2) is 4.53. The molecule has 100 valence electrons. The van der Waals surface area contributed by atoms with Gasteiger partial charge >= 0.3 is 0 Å². The number of hydrogen-bond donors (Lipinski definition) is 1. The molecule has 0 aromatic heterocycles. The zero-order valence-corrected chi connectivity index (χ0v) is 11.9. The highest BCUT2D eigenvalue weighted by Crippen LogP contribution is 2.40. The highest BCUT2D eigenvalue weighted by molar-refractivity contribution is 5.91. The number of ether oxygens (including phenoxy) is 1. The second-order valence-electron chi connectivity index (χ2n) is 5.89. The van der Waals surface area contributed by atoms with Crippen molar-refractivity contribution in [2.75, 3.05) is 13.7 Å². The molecule has 1 aliphatic heterocycles. The van der Waals surface area contributed by atoms with Crippen LogP contribution in [0.5, 0.6) is 5.75 Å². The zero-order chi connectivity index (χ0) is 13.5. The van der Waals surface area contributed by atoms with Gasteiger partial charge in [0, 0.05) is 16.8 Å². The molecule has 0 radical (unpaired) electrons. The molecule has 3 rings (SSSR count). The summed E-state index contributed by atoms with van der Waals surface area (Å²) in [5.74, 6) is 1.52. The lowest BCUT2D eigenvalue weighted by Crippen LogP contribution is -2.36. The number of nitrogens with one attached hydrogen (secondary N) is 1. The van der Waals surface area contributed by atoms with E-state index in [9.17, 15) is 0 Å². The van der Waals surface area contributed by atoms with E-state index in [4.69, 9.17) is 4.74 Å². The largest absolute Gasteiger partial charge is 0.496 e. The van der Waals surface area contributed by atoms with Gasteiger partial charge in [-0.05, 0) is 43.8 Å². The first kappa shape index (κ1) is 12.5. The van der Waals surface area contributed by atoms with Crippen molar-refractivity contribution in [3.05, 3.63) is 42.0 Å². The molecule has 0 saturated carbocycles. The maximum absolute atomic E-state index is 5.48. The summed E-state index contributed by atoms with van der Waals surface area (Å²) in [6.45, 7) is 5.69. The molecule has 1 atom stereocenters. The number of methoxy groups -OCH3 is 1. The fourth-order valence-electron chi connectivity index (χ4n) is 3.34. The molecule has 19 heavy (non-hydrogen) atoms. The normalized spacial score (nSPS) is 21.7. The molecule has 2 aromatic rings. The zero-order valence-electron chi connectivity index (χ0n) is 11.9. The van der Waals surface area contributed by atoms with Crippen molar-refractivity contribution in [1.29, 1.82) is 0 Å². The molecule has 2 aromatic carbocycles. The van der Waals surface area contributed by atoms with Gasteiger partial charge in [0.1, 0.15) is 5.75 Å². The molecule has 0 aliphatic carbocycles. The number of fused-ring (bicyclic) bond motifs is 1. The summed E-state index contributed by atoms with van der Waals surface area (Å²) in [5.41, 5.74) is 1.60. The van der Waals surface area contributed by atoms with E-state index in [1.807, 2.05) is 0 Å². The molecule has 1 unspecified atom stereocenters. The second-order valence-corrected chi connectivity index (χ2v) is 5.89. The molecule has 0 bridgehead atoms. The summed E-state index contributed by atoms with van der Waals surface area (Å²) in [4.78, 5) is 0. The van der Waals surface area contributed by atoms with Crippen molar-refractivity contribution < 1.29 is 4.74 Å². The third-order valence-corrected chi connectivity index (χ3v) is 4.40. The highest BCUT2D eigenvalue weighted by Gasteiger charge is 2.35. The molecule has 1 aliphatic rings. The smallest absolute Gasteiger partial charge is 0.126 e. The first-order chi connectivity index (χ1) is 9.13. The Morgan fingerprint density at radius 1 is 1.11 bits per heavy atom. The molecular weight excluding hydrogens is 234 g/mol. The van der Waals surface area contributed by atoms with Crippen molar-refractivity contribution in [3.8, 4) is 5.75 Å². The molecule has 1 heterocycles. The van der Waals surface area contributed by atoms with Gasteiger partial charge in [0.15, 0.2) is 0 Å². The van der Waals surface area contributed by atoms with Crippen LogP contribution in [0.25, 0.3) is 10.8 Å². The van der Waals surface area contributed by atoms with Crippen molar-refractivity contribution in [2.45, 2.75) is 31.7 Å². The Hall–Kier alpha value is -1.54. The van der Waals surface area contributed by atoms with Gasteiger partial charge in [-0.2, -0.15) is 0 Å². The van der Waals surface area contributed by atoms with Gasteiger partial charge in [-0.15, -0.1) is 0 Å². The molecule has 0 amide bonds. The maximum atomic E-state index is 5.48. The number of hydrogen-bond acceptors (Lipinski definition) is 2. The van der Waals surface area contributed by atoms with Crippen LogP contribution < -0.4 is 10.1 Å². The van der Waals surface area contributed by atoms with Gasteiger partial charge in [-0.25, -0.2) is 0 Å². The Bertz CT molecular complexity index is 603. The topological polar surface area (TPSA) is 21.3 Å². The van der Waals surface area contributed by atoms with Crippen LogP contribution >= 0.6 is 0 Å². The lowest BCUT2D eigenvalue weighted by molar-refractivity contribution is 0.409. The van der Waals surface area contributed by atoms with Crippen LogP contribution in [0, 0.1) is 0 Å². The van der Waals surface area contributed by atoms with E-state index >= 15 is 0 Å². The fourth-order valence-corrected chi connectivity index (χ4v) is 3.34. The SMILES string of the molecule is COc1ccc(C2CCNC2(C)C)c2ccccc12. The minimum absolute atomic E-state index is 0.164. The average molecular weight is 255 g/mol. The third-order valence-electron chi connectivity index (χ3n) is 4.40. The Kier molecular flexibility index (Phi) is 2.98. The van der Waals surface area contributed by atoms with Crippen molar-refractivity contribution in [2.24, 2.45) is 0 Å². The first-order valence-corrected chi connectivity index (χ1v) is 6.94. The van der Waals surface area contributed by atoms with Crippen molar-refractivity contribution in [1.82, 2.24) is 5.32 Å². The monoisotopic (exact) mass is 255 g/mol. The van der Waals surface area contributed by atoms with E-state index in [0.717, 1.165) is 12.3 Å². The van der Waals surface area contributed by atoms with E-state index in [0.29, 0.717) is 5.92 Å². The standard InChI is InChI=1S/C17H21NO/c1-17(2)15(10-11-18-17)13-8-9-16(19-3)14-7-5-4-6-12(13)14/h4-9,15,18H,10-11H2,1-3H3. The predicted molar refractivity (Wildman–Crippen MR) is 79.9 cm³/mol. The lowest BCUT2D eigenvalue weighted by Gasteiger charge is -2.28. The Morgan fingerprint density at radius 3 is 2.47 bits per heavy atom. The van der Waals surface area contributed by atoms with Gasteiger partial charge in [0.25, 0.3) is 0 Å². The molecule has 1 N–H and O–H groups in total. The quantitative estimate of drug-likeness (QED) is 0.883. The maximum Gasteiger partial charge on any atom is 0.126 e. The first-order valence-electron chi connectivity index (χ1n) is 6.94. The Morgan fingerprint density at radius 2 is 1.84 bits per heavy atom. The molecule has 0 spiro atoms. The van der Waals surface area contributed by atoms with Gasteiger partial charge in [-0.1, -0.05) is 30.3 Å². The van der Waals surface area contributed by atoms with E-state index in [1.165, 1.54) is 22.8 Å². The van der Waals surface area contributed by atoms with Crippen LogP contribution in [0.2, 0.25) is 0 Å². The van der Waals surface area contributed by atoms with Crippen LogP contribution in [0.3, 0.4) is 0 Å². The molecule has 2 nitrogen and oxygen atoms in total. The van der Waals surface area contributed by atoms with Crippen molar-refractivity contribution in [3.63, 3.8) is 0 Å². The summed E-state index contributed by atoms with van der Waals surface area (Å²) >= 11 is 0. The van der Waals surface area contributed by atoms with Gasteiger partial charge in [0.05, 0.1) is 7.11 Å². The summed E-state index contributed by atoms with van der Waals surface area (Å²) in [6, 6.07) is 12.9. The summed E-state index contributed by atoms with van der Waals surface area (Å²) < 4.78 is 5.48. The summed E-state index contributed by atoms with van der Waals surface area (Å²) in [5, 5.41) is 6.14. The number of benzene rings is 2. The van der Waals surface area contributed by atoms with Gasteiger partial charge in [0.2, 0.25) is 0 Å². The van der Waals surface area contributed by atoms with Gasteiger partial charge < -0.3 is 10.1 Å². The molecule has 1 fully saturated rings. The fraction of sp³-hybridized carbons (Fsp3) is 0.412. The number of rotatable bonds is 2. The highest BCUT2D eigenvalue weighted by atomic mass is 16.5. The third kappa shape index (κ3) is 2.00. The molecule has 1 saturated heterocycles. The summed E-state index contributed by atoms with van der Waals surface area (Å²) in [6.07, 6.45) is 1.20. The molecule has 2 heteroatoms. The minimum Gasteiger partial charge on any atom is -0.496 e. The summed E-state index contributed by atoms with van der Waals surface area (Å²) in [7, 11) is 1.74. The van der Waals surface area contributed by atoms with Gasteiger partial charge in [-0.3, -0.25) is 0 Å². The van der Waals surface area contributed by atoms with E-state index in [2.05, 4.69) is 55.6 Å². The van der Waals surface area contributed by atoms with E-state index < -0.39 is 0 Å². The van der Waals surface area contributed by atoms with Crippen LogP contribution in [0.1, 0.15) is 31.7 Å². The Labute approximate surface area is 114 Å². The lowest BCUT2D eigenvalue weighted by atomic mass is 9.81. The predicted octanol–water partition coefficient (Wildman–Crippen LogP) is 3.70. The minimum atomic E-state index is 0.164. The van der Waals surface area contributed by atoms with Crippen molar-refractivity contribution >= 4 is 10.8 Å². The molecular formula is C17H21NO. The van der Waals surface area contributed by atoms with Crippen LogP contribution in [-0.2, 0) is 0 Å². The van der Waals surface area contributed by atoms with Crippen LogP contribution in [0.15, 0.2) is 36.4 Å². The van der Waals surface area contributed by atoms with E-state index in [-0.39, 0.29) is 5.54 Å². The van der Waals surface area contributed by atoms with E-state index in [1.54, 1.807) is 7.11 Å². The Balaban J connectivity index is 2.20. The van der Waals surface area contributed by atoms with Crippen LogP contribution in [0.4, 0.5) is 0 Å². The van der Waals surface area contributed by atoms with Crippen LogP contribution in [-0.4, -0.2) is 19.2 Å². The average Bonchev–Trinajstić information content (AvgIpc) is 2.77.